The summed E-state index contributed by atoms with van der Waals surface area (Å²) in [6, 6.07) is 3.23. The summed E-state index contributed by atoms with van der Waals surface area (Å²) < 4.78 is 16.1. The van der Waals surface area contributed by atoms with Crippen LogP contribution in [0.4, 0.5) is 4.39 Å². The number of nitrogens with zero attached hydrogens (tertiary/aromatic N) is 2. The van der Waals surface area contributed by atoms with Gasteiger partial charge in [0.05, 0.1) is 21.4 Å². The van der Waals surface area contributed by atoms with E-state index in [0.29, 0.717) is 16.3 Å². The van der Waals surface area contributed by atoms with Crippen molar-refractivity contribution in [1.82, 2.24) is 9.55 Å². The molecule has 19 heavy (non-hydrogen) atoms. The molecule has 5 heteroatoms. The molecule has 0 radical (unpaired) electrons. The molecule has 0 spiro atoms. The number of aryl methyl sites for hydroxylation is 1. The van der Waals surface area contributed by atoms with Crippen molar-refractivity contribution in [2.75, 3.05) is 0 Å². The van der Waals surface area contributed by atoms with Crippen molar-refractivity contribution in [3.8, 4) is 0 Å². The Morgan fingerprint density at radius 3 is 2.79 bits per heavy atom. The van der Waals surface area contributed by atoms with Crippen LogP contribution in [-0.4, -0.2) is 9.55 Å². The van der Waals surface area contributed by atoms with E-state index < -0.39 is 0 Å². The Hall–Kier alpha value is -0.610. The van der Waals surface area contributed by atoms with Gasteiger partial charge in [-0.25, -0.2) is 9.37 Å². The quantitative estimate of drug-likeness (QED) is 0.687. The average molecular weight is 348 g/mol. The molecule has 1 aromatic carbocycles. The smallest absolute Gasteiger partial charge is 0.139 e. The maximum Gasteiger partial charge on any atom is 0.139 e. The number of hydrogen-bond donors (Lipinski definition) is 0. The predicted octanol–water partition coefficient (Wildman–Crippen LogP) is 5.11. The number of aromatic nitrogens is 2. The summed E-state index contributed by atoms with van der Waals surface area (Å²) in [6.45, 7) is 5.23. The van der Waals surface area contributed by atoms with Gasteiger partial charge in [0.2, 0.25) is 0 Å². The van der Waals surface area contributed by atoms with E-state index in [-0.39, 0.29) is 5.82 Å². The van der Waals surface area contributed by atoms with Crippen LogP contribution in [-0.2, 0) is 12.4 Å². The molecule has 2 rings (SSSR count). The molecule has 0 saturated carbocycles. The SMILES string of the molecule is CC(C)CCCn1c(CCl)nc2cc(Br)c(F)cc21. The minimum absolute atomic E-state index is 0.265. The second-order valence-electron chi connectivity index (χ2n) is 5.10. The molecule has 104 valence electrons. The summed E-state index contributed by atoms with van der Waals surface area (Å²) in [4.78, 5) is 4.47. The Bertz CT molecular complexity index is 580. The number of halogens is 3. The van der Waals surface area contributed by atoms with Gasteiger partial charge in [-0.15, -0.1) is 11.6 Å². The van der Waals surface area contributed by atoms with Gasteiger partial charge in [0.25, 0.3) is 0 Å². The number of benzene rings is 1. The highest BCUT2D eigenvalue weighted by Gasteiger charge is 2.12. The van der Waals surface area contributed by atoms with Crippen LogP contribution < -0.4 is 0 Å². The first-order valence-corrected chi connectivity index (χ1v) is 7.75. The van der Waals surface area contributed by atoms with E-state index in [0.717, 1.165) is 36.2 Å². The zero-order valence-electron chi connectivity index (χ0n) is 11.1. The molecular weight excluding hydrogens is 331 g/mol. The monoisotopic (exact) mass is 346 g/mol. The van der Waals surface area contributed by atoms with Gasteiger partial charge in [0.15, 0.2) is 0 Å². The number of hydrogen-bond acceptors (Lipinski definition) is 1. The summed E-state index contributed by atoms with van der Waals surface area (Å²) in [5, 5.41) is 0. The number of alkyl halides is 1. The summed E-state index contributed by atoms with van der Waals surface area (Å²) in [5.41, 5.74) is 1.61. The molecule has 0 amide bonds. The molecule has 2 aromatic rings. The molecule has 0 bridgehead atoms. The lowest BCUT2D eigenvalue weighted by molar-refractivity contribution is 0.511. The van der Waals surface area contributed by atoms with Gasteiger partial charge < -0.3 is 4.57 Å². The lowest BCUT2D eigenvalue weighted by atomic mass is 10.1. The van der Waals surface area contributed by atoms with Gasteiger partial charge in [-0.1, -0.05) is 13.8 Å². The standard InChI is InChI=1S/C14H17BrClFN2/c1-9(2)4-3-5-19-13-7-11(17)10(15)6-12(13)18-14(19)8-16/h6-7,9H,3-5,8H2,1-2H3. The summed E-state index contributed by atoms with van der Waals surface area (Å²) in [7, 11) is 0. The Morgan fingerprint density at radius 1 is 1.42 bits per heavy atom. The van der Waals surface area contributed by atoms with Crippen LogP contribution in [0.5, 0.6) is 0 Å². The third kappa shape index (κ3) is 3.29. The normalized spacial score (nSPS) is 11.7. The summed E-state index contributed by atoms with van der Waals surface area (Å²) in [5.74, 6) is 1.55. The van der Waals surface area contributed by atoms with Crippen LogP contribution in [0.25, 0.3) is 11.0 Å². The van der Waals surface area contributed by atoms with Crippen LogP contribution in [0.1, 0.15) is 32.5 Å². The Balaban J connectivity index is 2.36. The highest BCUT2D eigenvalue weighted by molar-refractivity contribution is 9.10. The highest BCUT2D eigenvalue weighted by Crippen LogP contribution is 2.25. The van der Waals surface area contributed by atoms with Gasteiger partial charge in [-0.05, 0) is 40.8 Å². The molecule has 0 aliphatic carbocycles. The van der Waals surface area contributed by atoms with E-state index in [1.54, 1.807) is 6.07 Å². The van der Waals surface area contributed by atoms with Crippen molar-refractivity contribution in [3.63, 3.8) is 0 Å². The minimum Gasteiger partial charge on any atom is -0.327 e. The maximum absolute atomic E-state index is 13.7. The second kappa shape index (κ2) is 6.23. The van der Waals surface area contributed by atoms with Gasteiger partial charge in [-0.2, -0.15) is 0 Å². The molecule has 0 saturated heterocycles. The van der Waals surface area contributed by atoms with Crippen molar-refractivity contribution in [2.45, 2.75) is 39.1 Å². The fourth-order valence-electron chi connectivity index (χ4n) is 2.18. The van der Waals surface area contributed by atoms with E-state index in [9.17, 15) is 4.39 Å². The molecule has 0 atom stereocenters. The molecule has 0 aliphatic heterocycles. The van der Waals surface area contributed by atoms with E-state index >= 15 is 0 Å². The van der Waals surface area contributed by atoms with E-state index in [2.05, 4.69) is 34.8 Å². The highest BCUT2D eigenvalue weighted by atomic mass is 79.9. The number of imidazole rings is 1. The molecule has 0 unspecified atom stereocenters. The maximum atomic E-state index is 13.7. The third-order valence-corrected chi connectivity index (χ3v) is 4.00. The van der Waals surface area contributed by atoms with Crippen molar-refractivity contribution >= 4 is 38.6 Å². The van der Waals surface area contributed by atoms with E-state index in [1.807, 2.05) is 4.57 Å². The first-order valence-electron chi connectivity index (χ1n) is 6.43. The Morgan fingerprint density at radius 2 is 2.16 bits per heavy atom. The van der Waals surface area contributed by atoms with Gasteiger partial charge in [0, 0.05) is 12.6 Å². The number of rotatable bonds is 5. The molecule has 1 aromatic heterocycles. The Labute approximate surface area is 126 Å². The average Bonchev–Trinajstić information content (AvgIpc) is 2.67. The van der Waals surface area contributed by atoms with E-state index in [1.165, 1.54) is 6.07 Å². The molecule has 0 fully saturated rings. The van der Waals surface area contributed by atoms with Crippen molar-refractivity contribution in [1.29, 1.82) is 0 Å². The van der Waals surface area contributed by atoms with Crippen molar-refractivity contribution < 1.29 is 4.39 Å². The minimum atomic E-state index is -0.265. The first kappa shape index (κ1) is 14.8. The zero-order valence-corrected chi connectivity index (χ0v) is 13.4. The molecule has 1 heterocycles. The zero-order chi connectivity index (χ0) is 14.0. The number of fused-ring (bicyclic) bond motifs is 1. The molecule has 0 N–H and O–H groups in total. The lowest BCUT2D eigenvalue weighted by Gasteiger charge is -2.09. The Kier molecular flexibility index (Phi) is 4.85. The van der Waals surface area contributed by atoms with Crippen LogP contribution in [0.15, 0.2) is 16.6 Å². The topological polar surface area (TPSA) is 17.8 Å². The molecular formula is C14H17BrClFN2. The lowest BCUT2D eigenvalue weighted by Crippen LogP contribution is -2.04. The third-order valence-electron chi connectivity index (χ3n) is 3.15. The van der Waals surface area contributed by atoms with Gasteiger partial charge in [-0.3, -0.25) is 0 Å². The van der Waals surface area contributed by atoms with Crippen LogP contribution >= 0.6 is 27.5 Å². The van der Waals surface area contributed by atoms with Crippen LogP contribution in [0.3, 0.4) is 0 Å². The summed E-state index contributed by atoms with van der Waals surface area (Å²) >= 11 is 9.12. The molecule has 2 nitrogen and oxygen atoms in total. The van der Waals surface area contributed by atoms with E-state index in [4.69, 9.17) is 11.6 Å². The molecule has 0 aliphatic rings. The second-order valence-corrected chi connectivity index (χ2v) is 6.23. The van der Waals surface area contributed by atoms with Crippen LogP contribution in [0, 0.1) is 11.7 Å². The fraction of sp³-hybridized carbons (Fsp3) is 0.500. The summed E-state index contributed by atoms with van der Waals surface area (Å²) in [6.07, 6.45) is 2.19. The largest absolute Gasteiger partial charge is 0.327 e. The van der Waals surface area contributed by atoms with Crippen molar-refractivity contribution in [3.05, 3.63) is 28.2 Å². The van der Waals surface area contributed by atoms with Gasteiger partial charge >= 0.3 is 0 Å². The fourth-order valence-corrected chi connectivity index (χ4v) is 2.71. The van der Waals surface area contributed by atoms with Crippen molar-refractivity contribution in [2.24, 2.45) is 5.92 Å². The van der Waals surface area contributed by atoms with Gasteiger partial charge in [0.1, 0.15) is 11.6 Å². The predicted molar refractivity (Wildman–Crippen MR) is 81.0 cm³/mol. The first-order chi connectivity index (χ1) is 9.02. The van der Waals surface area contributed by atoms with Crippen LogP contribution in [0.2, 0.25) is 0 Å².